The molecule has 0 N–H and O–H groups in total. The fraction of sp³-hybridized carbons (Fsp3) is 0.278. The summed E-state index contributed by atoms with van der Waals surface area (Å²) in [5.74, 6) is 2.24. The zero-order valence-electron chi connectivity index (χ0n) is 14.2. The Balaban J connectivity index is 0.00000312. The van der Waals surface area contributed by atoms with Crippen molar-refractivity contribution in [3.63, 3.8) is 0 Å². The molecule has 7 heteroatoms. The van der Waals surface area contributed by atoms with Crippen molar-refractivity contribution in [2.75, 3.05) is 27.9 Å². The molecule has 25 heavy (non-hydrogen) atoms. The summed E-state index contributed by atoms with van der Waals surface area (Å²) < 4.78 is 21.3. The summed E-state index contributed by atoms with van der Waals surface area (Å²) in [6.07, 6.45) is 0. The van der Waals surface area contributed by atoms with E-state index in [0.717, 1.165) is 11.1 Å². The van der Waals surface area contributed by atoms with Crippen LogP contribution in [0.2, 0.25) is 0 Å². The van der Waals surface area contributed by atoms with Crippen molar-refractivity contribution in [3.05, 3.63) is 42.0 Å². The Hall–Kier alpha value is -1.66. The first kappa shape index (κ1) is 21.4. The van der Waals surface area contributed by atoms with Crippen molar-refractivity contribution in [1.82, 2.24) is 0 Å². The molecule has 1 unspecified atom stereocenters. The molecule has 2 rings (SSSR count). The Labute approximate surface area is 162 Å². The predicted octanol–water partition coefficient (Wildman–Crippen LogP) is 2.61. The molecule has 0 fully saturated rings. The van der Waals surface area contributed by atoms with Crippen LogP contribution in [0.15, 0.2) is 36.4 Å². The van der Waals surface area contributed by atoms with Gasteiger partial charge in [0.25, 0.3) is 0 Å². The van der Waals surface area contributed by atoms with Crippen molar-refractivity contribution in [3.8, 4) is 23.0 Å². The van der Waals surface area contributed by atoms with Gasteiger partial charge in [0.2, 0.25) is 0 Å². The van der Waals surface area contributed by atoms with Crippen LogP contribution in [0.1, 0.15) is 17.3 Å². The van der Waals surface area contributed by atoms with Crippen molar-refractivity contribution in [2.24, 2.45) is 0 Å². The van der Waals surface area contributed by atoms with Gasteiger partial charge >= 0.3 is 18.9 Å². The summed E-state index contributed by atoms with van der Waals surface area (Å²) >= 11 is 0. The van der Waals surface area contributed by atoms with E-state index in [2.05, 4.69) is 0 Å². The molecule has 0 aliphatic carbocycles. The molecule has 2 aromatic rings. The monoisotopic (exact) mass is 356 g/mol. The Kier molecular flexibility index (Phi) is 8.86. The Morgan fingerprint density at radius 2 is 1.48 bits per heavy atom. The van der Waals surface area contributed by atoms with Crippen LogP contribution in [0.4, 0.5) is 0 Å². The summed E-state index contributed by atoms with van der Waals surface area (Å²) in [4.78, 5) is 12.8. The van der Waals surface area contributed by atoms with E-state index < -0.39 is 0 Å². The van der Waals surface area contributed by atoms with Crippen molar-refractivity contribution in [2.45, 2.75) is 6.92 Å². The molecule has 0 aliphatic heterocycles. The molecule has 0 heterocycles. The molecule has 130 valence electrons. The van der Waals surface area contributed by atoms with Gasteiger partial charge in [0.05, 0.1) is 27.9 Å². The van der Waals surface area contributed by atoms with E-state index >= 15 is 0 Å². The number of hydrogen-bond donors (Lipinski definition) is 0. The molecule has 0 aromatic heterocycles. The molecule has 1 atom stereocenters. The molecule has 0 aliphatic rings. The minimum absolute atomic E-state index is 0. The van der Waals surface area contributed by atoms with Gasteiger partial charge in [-0.3, -0.25) is 4.79 Å². The molecule has 5 nitrogen and oxygen atoms in total. The average molecular weight is 356 g/mol. The second-order valence-electron chi connectivity index (χ2n) is 4.82. The number of hydrogen-bond acceptors (Lipinski definition) is 5. The fourth-order valence-electron chi connectivity index (χ4n) is 2.22. The van der Waals surface area contributed by atoms with Crippen molar-refractivity contribution >= 4 is 38.3 Å². The van der Waals surface area contributed by atoms with E-state index in [0.29, 0.717) is 29.4 Å². The molecule has 0 saturated heterocycles. The van der Waals surface area contributed by atoms with E-state index in [1.54, 1.807) is 19.2 Å². The Morgan fingerprint density at radius 3 is 1.92 bits per heavy atom. The van der Waals surface area contributed by atoms with Gasteiger partial charge in [-0.15, -0.1) is 0 Å². The van der Waals surface area contributed by atoms with Crippen LogP contribution in [0.25, 0.3) is 0 Å². The molecule has 0 amide bonds. The zero-order chi connectivity index (χ0) is 17.5. The molecule has 0 spiro atoms. The number of ether oxygens (including phenoxy) is 4. The molecule has 0 radical (unpaired) electrons. The van der Waals surface area contributed by atoms with Crippen molar-refractivity contribution in [1.29, 1.82) is 0 Å². The van der Waals surface area contributed by atoms with Gasteiger partial charge in [0.15, 0.2) is 5.52 Å². The van der Waals surface area contributed by atoms with Gasteiger partial charge in [0, 0.05) is 12.1 Å². The van der Waals surface area contributed by atoms with Gasteiger partial charge in [-0.2, -0.15) is 0 Å². The third kappa shape index (κ3) is 5.41. The summed E-state index contributed by atoms with van der Waals surface area (Å²) in [6.45, 7) is 2.54. The van der Waals surface area contributed by atoms with E-state index in [9.17, 15) is 4.79 Å². The number of methoxy groups -OCH3 is 3. The standard InChI is InChI=1S/C18H21O5P.Li.H/c1-5-23-12-6-8-14(9-7-12)24-18(19)17-15(21-3)10-13(20-2)11-16(17)22-4;;/h6-11,24H,5H2,1-4H3;;. The van der Waals surface area contributed by atoms with E-state index in [4.69, 9.17) is 18.9 Å². The van der Waals surface area contributed by atoms with Crippen LogP contribution >= 0.6 is 8.58 Å². The average Bonchev–Trinajstić information content (AvgIpc) is 2.62. The van der Waals surface area contributed by atoms with Gasteiger partial charge in [-0.25, -0.2) is 0 Å². The molecule has 2 aromatic carbocycles. The van der Waals surface area contributed by atoms with Crippen LogP contribution in [-0.4, -0.2) is 52.3 Å². The maximum absolute atomic E-state index is 12.8. The summed E-state index contributed by atoms with van der Waals surface area (Å²) in [5, 5.41) is 0.920. The topological polar surface area (TPSA) is 54.0 Å². The quantitative estimate of drug-likeness (QED) is 0.538. The summed E-state index contributed by atoms with van der Waals surface area (Å²) in [6, 6.07) is 10.9. The maximum atomic E-state index is 12.8. The van der Waals surface area contributed by atoms with E-state index in [-0.39, 0.29) is 33.0 Å². The van der Waals surface area contributed by atoms with Gasteiger partial charge < -0.3 is 18.9 Å². The predicted molar refractivity (Wildman–Crippen MR) is 103 cm³/mol. The molecular formula is C18H22LiO5P. The van der Waals surface area contributed by atoms with Crippen LogP contribution in [0.3, 0.4) is 0 Å². The van der Waals surface area contributed by atoms with Gasteiger partial charge in [0.1, 0.15) is 28.6 Å². The van der Waals surface area contributed by atoms with Gasteiger partial charge in [-0.05, 0) is 32.9 Å². The normalized spacial score (nSPS) is 10.2. The van der Waals surface area contributed by atoms with E-state index in [1.807, 2.05) is 31.2 Å². The first-order valence-electron chi connectivity index (χ1n) is 7.47. The second kappa shape index (κ2) is 10.4. The third-order valence-corrected chi connectivity index (χ3v) is 4.46. The number of benzene rings is 2. The summed E-state index contributed by atoms with van der Waals surface area (Å²) in [7, 11) is 4.55. The minimum atomic E-state index is -0.0597. The SMILES string of the molecule is CCOc1ccc(PC(=O)c2c(OC)cc(OC)cc2OC)cc1.[LiH]. The summed E-state index contributed by atoms with van der Waals surface area (Å²) in [5.41, 5.74) is 0.364. The van der Waals surface area contributed by atoms with E-state index in [1.165, 1.54) is 14.2 Å². The number of carbonyl (C=O) groups is 1. The van der Waals surface area contributed by atoms with Crippen LogP contribution in [-0.2, 0) is 0 Å². The zero-order valence-corrected chi connectivity index (χ0v) is 15.2. The Bertz CT molecular complexity index is 678. The number of carbonyl (C=O) groups excluding carboxylic acids is 1. The fourth-order valence-corrected chi connectivity index (χ4v) is 3.19. The van der Waals surface area contributed by atoms with Crippen LogP contribution in [0, 0.1) is 0 Å². The molecular weight excluding hydrogens is 334 g/mol. The number of rotatable bonds is 8. The molecule has 0 bridgehead atoms. The third-order valence-electron chi connectivity index (χ3n) is 3.37. The molecule has 0 saturated carbocycles. The van der Waals surface area contributed by atoms with Crippen LogP contribution in [0.5, 0.6) is 23.0 Å². The van der Waals surface area contributed by atoms with Gasteiger partial charge in [-0.1, -0.05) is 12.1 Å². The first-order chi connectivity index (χ1) is 11.6. The second-order valence-corrected chi connectivity index (χ2v) is 6.10. The van der Waals surface area contributed by atoms with Crippen LogP contribution < -0.4 is 24.3 Å². The van der Waals surface area contributed by atoms with Crippen molar-refractivity contribution < 1.29 is 23.7 Å². The first-order valence-corrected chi connectivity index (χ1v) is 8.47. The Morgan fingerprint density at radius 1 is 0.920 bits per heavy atom.